The Labute approximate surface area is 152 Å². The summed E-state index contributed by atoms with van der Waals surface area (Å²) >= 11 is 0. The molecular formula is C21H23N3O2. The van der Waals surface area contributed by atoms with E-state index >= 15 is 0 Å². The third-order valence-corrected chi connectivity index (χ3v) is 4.46. The minimum atomic E-state index is -0.238. The molecule has 3 aromatic rings. The summed E-state index contributed by atoms with van der Waals surface area (Å²) in [5.74, 6) is -0.199. The summed E-state index contributed by atoms with van der Waals surface area (Å²) in [5, 5.41) is 8.65. The van der Waals surface area contributed by atoms with Gasteiger partial charge in [-0.15, -0.1) is 0 Å². The summed E-state index contributed by atoms with van der Waals surface area (Å²) in [4.78, 5) is 24.9. The molecule has 0 bridgehead atoms. The van der Waals surface area contributed by atoms with Gasteiger partial charge in [0.1, 0.15) is 6.54 Å². The molecule has 1 amide bonds. The van der Waals surface area contributed by atoms with Gasteiger partial charge in [-0.05, 0) is 38.3 Å². The van der Waals surface area contributed by atoms with E-state index in [1.165, 1.54) is 10.2 Å². The molecule has 0 spiro atoms. The monoisotopic (exact) mass is 349 g/mol. The lowest BCUT2D eigenvalue weighted by Gasteiger charge is -2.15. The van der Waals surface area contributed by atoms with Gasteiger partial charge in [-0.25, -0.2) is 4.68 Å². The number of benzene rings is 2. The van der Waals surface area contributed by atoms with Gasteiger partial charge in [0.25, 0.3) is 5.56 Å². The van der Waals surface area contributed by atoms with Crippen LogP contribution in [-0.4, -0.2) is 21.7 Å². The zero-order valence-corrected chi connectivity index (χ0v) is 15.1. The number of nitrogens with one attached hydrogen (secondary N) is 1. The Morgan fingerprint density at radius 1 is 1.08 bits per heavy atom. The fourth-order valence-corrected chi connectivity index (χ4v) is 3.07. The first-order valence-electron chi connectivity index (χ1n) is 8.84. The molecule has 0 aliphatic carbocycles. The molecule has 0 aliphatic heterocycles. The number of fused-ring (bicyclic) bond motifs is 1. The van der Waals surface area contributed by atoms with Crippen LogP contribution >= 0.6 is 0 Å². The van der Waals surface area contributed by atoms with E-state index in [9.17, 15) is 9.59 Å². The molecule has 0 fully saturated rings. The number of amides is 1. The average molecular weight is 349 g/mol. The van der Waals surface area contributed by atoms with Gasteiger partial charge >= 0.3 is 0 Å². The van der Waals surface area contributed by atoms with E-state index in [-0.39, 0.29) is 24.1 Å². The van der Waals surface area contributed by atoms with E-state index in [2.05, 4.69) is 22.5 Å². The zero-order valence-electron chi connectivity index (χ0n) is 15.1. The highest BCUT2D eigenvalue weighted by atomic mass is 16.2. The smallest absolute Gasteiger partial charge is 0.275 e. The van der Waals surface area contributed by atoms with Crippen molar-refractivity contribution < 1.29 is 4.79 Å². The number of nitrogens with zero attached hydrogens (tertiary/aromatic N) is 2. The summed E-state index contributed by atoms with van der Waals surface area (Å²) in [7, 11) is 0. The molecule has 5 nitrogen and oxygen atoms in total. The van der Waals surface area contributed by atoms with Crippen molar-refractivity contribution in [1.29, 1.82) is 0 Å². The maximum atomic E-state index is 12.5. The second-order valence-electron chi connectivity index (χ2n) is 6.59. The predicted octanol–water partition coefficient (Wildman–Crippen LogP) is 2.84. The van der Waals surface area contributed by atoms with Crippen molar-refractivity contribution in [2.45, 2.75) is 39.3 Å². The maximum absolute atomic E-state index is 12.5. The van der Waals surface area contributed by atoms with Crippen LogP contribution in [0.3, 0.4) is 0 Å². The first-order valence-corrected chi connectivity index (χ1v) is 8.84. The van der Waals surface area contributed by atoms with Crippen LogP contribution < -0.4 is 10.9 Å². The average Bonchev–Trinajstić information content (AvgIpc) is 2.65. The molecular weight excluding hydrogens is 326 g/mol. The van der Waals surface area contributed by atoms with Crippen LogP contribution in [0.25, 0.3) is 10.8 Å². The Morgan fingerprint density at radius 2 is 1.73 bits per heavy atom. The second kappa shape index (κ2) is 7.95. The molecule has 1 heterocycles. The first kappa shape index (κ1) is 17.9. The van der Waals surface area contributed by atoms with Crippen LogP contribution in [0.5, 0.6) is 0 Å². The van der Waals surface area contributed by atoms with Crippen LogP contribution in [0, 0.1) is 6.92 Å². The van der Waals surface area contributed by atoms with E-state index < -0.39 is 0 Å². The van der Waals surface area contributed by atoms with Gasteiger partial charge in [0.2, 0.25) is 5.91 Å². The highest BCUT2D eigenvalue weighted by Gasteiger charge is 2.12. The lowest BCUT2D eigenvalue weighted by Crippen LogP contribution is -2.38. The van der Waals surface area contributed by atoms with E-state index in [0.29, 0.717) is 5.39 Å². The summed E-state index contributed by atoms with van der Waals surface area (Å²) < 4.78 is 1.25. The molecule has 0 saturated carbocycles. The molecule has 0 aliphatic rings. The quantitative estimate of drug-likeness (QED) is 0.744. The van der Waals surface area contributed by atoms with Gasteiger partial charge in [-0.2, -0.15) is 5.10 Å². The molecule has 1 N–H and O–H groups in total. The van der Waals surface area contributed by atoms with Crippen molar-refractivity contribution in [3.05, 3.63) is 76.2 Å². The summed E-state index contributed by atoms with van der Waals surface area (Å²) in [6.07, 6.45) is 1.74. The number of rotatable bonds is 6. The van der Waals surface area contributed by atoms with Gasteiger partial charge in [0.15, 0.2) is 0 Å². The molecule has 2 aromatic carbocycles. The van der Waals surface area contributed by atoms with Crippen LogP contribution in [0.4, 0.5) is 0 Å². The lowest BCUT2D eigenvalue weighted by atomic mass is 10.1. The van der Waals surface area contributed by atoms with Crippen LogP contribution in [-0.2, 0) is 17.8 Å². The topological polar surface area (TPSA) is 64.0 Å². The molecule has 1 atom stereocenters. The largest absolute Gasteiger partial charge is 0.352 e. The fourth-order valence-electron chi connectivity index (χ4n) is 3.07. The molecule has 0 saturated heterocycles. The molecule has 3 rings (SSSR count). The van der Waals surface area contributed by atoms with E-state index in [1.54, 1.807) is 6.07 Å². The van der Waals surface area contributed by atoms with Crippen molar-refractivity contribution >= 4 is 16.7 Å². The van der Waals surface area contributed by atoms with Gasteiger partial charge in [0.05, 0.1) is 11.1 Å². The lowest BCUT2D eigenvalue weighted by molar-refractivity contribution is -0.122. The third-order valence-electron chi connectivity index (χ3n) is 4.46. The van der Waals surface area contributed by atoms with Crippen LogP contribution in [0.2, 0.25) is 0 Å². The SMILES string of the molecule is Cc1nn(CC(=O)NC(C)CCc2ccccc2)c(=O)c2ccccc12. The highest BCUT2D eigenvalue weighted by molar-refractivity contribution is 5.83. The van der Waals surface area contributed by atoms with Gasteiger partial charge in [0, 0.05) is 11.4 Å². The number of hydrogen-bond acceptors (Lipinski definition) is 3. The van der Waals surface area contributed by atoms with Crippen molar-refractivity contribution in [1.82, 2.24) is 15.1 Å². The molecule has 5 heteroatoms. The molecule has 26 heavy (non-hydrogen) atoms. The second-order valence-corrected chi connectivity index (χ2v) is 6.59. The number of hydrogen-bond donors (Lipinski definition) is 1. The van der Waals surface area contributed by atoms with Crippen molar-refractivity contribution in [2.75, 3.05) is 0 Å². The Bertz CT molecular complexity index is 964. The van der Waals surface area contributed by atoms with E-state index in [4.69, 9.17) is 0 Å². The Morgan fingerprint density at radius 3 is 2.46 bits per heavy atom. The summed E-state index contributed by atoms with van der Waals surface area (Å²) in [5.41, 5.74) is 1.75. The van der Waals surface area contributed by atoms with Gasteiger partial charge in [-0.1, -0.05) is 48.5 Å². The summed E-state index contributed by atoms with van der Waals surface area (Å²) in [6, 6.07) is 17.5. The van der Waals surface area contributed by atoms with Crippen molar-refractivity contribution in [2.24, 2.45) is 0 Å². The molecule has 134 valence electrons. The number of aromatic nitrogens is 2. The first-order chi connectivity index (χ1) is 12.5. The minimum Gasteiger partial charge on any atom is -0.352 e. The standard InChI is InChI=1S/C21H23N3O2/c1-15(12-13-17-8-4-3-5-9-17)22-20(25)14-24-21(26)19-11-7-6-10-18(19)16(2)23-24/h3-11,15H,12-14H2,1-2H3,(H,22,25). The fraction of sp³-hybridized carbons (Fsp3) is 0.286. The van der Waals surface area contributed by atoms with Crippen molar-refractivity contribution in [3.63, 3.8) is 0 Å². The zero-order chi connectivity index (χ0) is 18.5. The van der Waals surface area contributed by atoms with Crippen LogP contribution in [0.15, 0.2) is 59.4 Å². The Hall–Kier alpha value is -2.95. The van der Waals surface area contributed by atoms with E-state index in [1.807, 2.05) is 50.2 Å². The van der Waals surface area contributed by atoms with E-state index in [0.717, 1.165) is 23.9 Å². The third kappa shape index (κ3) is 4.17. The molecule has 1 aromatic heterocycles. The van der Waals surface area contributed by atoms with Gasteiger partial charge < -0.3 is 5.32 Å². The summed E-state index contributed by atoms with van der Waals surface area (Å²) in [6.45, 7) is 3.75. The van der Waals surface area contributed by atoms with Crippen molar-refractivity contribution in [3.8, 4) is 0 Å². The maximum Gasteiger partial charge on any atom is 0.275 e. The van der Waals surface area contributed by atoms with Gasteiger partial charge in [-0.3, -0.25) is 9.59 Å². The van der Waals surface area contributed by atoms with Crippen LogP contribution in [0.1, 0.15) is 24.6 Å². The normalized spacial score (nSPS) is 12.1. The number of carbonyl (C=O) groups is 1. The Kier molecular flexibility index (Phi) is 5.46. The highest BCUT2D eigenvalue weighted by Crippen LogP contribution is 2.11. The molecule has 1 unspecified atom stereocenters. The predicted molar refractivity (Wildman–Crippen MR) is 103 cm³/mol. The Balaban J connectivity index is 1.64. The minimum absolute atomic E-state index is 0.0277. The molecule has 0 radical (unpaired) electrons. The number of carbonyl (C=O) groups excluding carboxylic acids is 1. The number of aryl methyl sites for hydroxylation is 2.